The SMILES string of the molecule is COc1cccc(Cl)c1C(CN)Nc1ccc(F)cc1. The fourth-order valence-corrected chi connectivity index (χ4v) is 2.33. The maximum absolute atomic E-state index is 12.9. The van der Waals surface area contributed by atoms with Gasteiger partial charge < -0.3 is 15.8 Å². The molecule has 0 heterocycles. The van der Waals surface area contributed by atoms with E-state index in [0.717, 1.165) is 11.3 Å². The van der Waals surface area contributed by atoms with Crippen molar-refractivity contribution in [2.24, 2.45) is 5.73 Å². The Morgan fingerprint density at radius 3 is 2.55 bits per heavy atom. The second-order valence-electron chi connectivity index (χ2n) is 4.30. The second-order valence-corrected chi connectivity index (χ2v) is 4.70. The van der Waals surface area contributed by atoms with Gasteiger partial charge in [-0.3, -0.25) is 0 Å². The molecule has 106 valence electrons. The van der Waals surface area contributed by atoms with E-state index in [1.807, 2.05) is 12.1 Å². The molecule has 2 rings (SSSR count). The number of methoxy groups -OCH3 is 1. The zero-order chi connectivity index (χ0) is 14.5. The van der Waals surface area contributed by atoms with Crippen LogP contribution >= 0.6 is 11.6 Å². The molecule has 0 aliphatic heterocycles. The Labute approximate surface area is 122 Å². The standard InChI is InChI=1S/C15H16ClFN2O/c1-20-14-4-2-3-12(16)15(14)13(9-18)19-11-7-5-10(17)6-8-11/h2-8,13,19H,9,18H2,1H3. The number of hydrogen-bond acceptors (Lipinski definition) is 3. The summed E-state index contributed by atoms with van der Waals surface area (Å²) in [6, 6.07) is 11.3. The first-order chi connectivity index (χ1) is 9.65. The summed E-state index contributed by atoms with van der Waals surface area (Å²) in [6.45, 7) is 0.331. The number of anilines is 1. The number of ether oxygens (including phenoxy) is 1. The van der Waals surface area contributed by atoms with Gasteiger partial charge in [-0.2, -0.15) is 0 Å². The third kappa shape index (κ3) is 3.21. The van der Waals surface area contributed by atoms with Crippen molar-refractivity contribution in [3.05, 3.63) is 58.9 Å². The van der Waals surface area contributed by atoms with Crippen molar-refractivity contribution in [1.82, 2.24) is 0 Å². The molecule has 3 nitrogen and oxygen atoms in total. The molecule has 0 amide bonds. The average Bonchev–Trinajstić information content (AvgIpc) is 2.47. The summed E-state index contributed by atoms with van der Waals surface area (Å²) in [7, 11) is 1.58. The minimum atomic E-state index is -0.282. The van der Waals surface area contributed by atoms with E-state index in [4.69, 9.17) is 22.1 Å². The fourth-order valence-electron chi connectivity index (χ4n) is 2.03. The number of halogens is 2. The Morgan fingerprint density at radius 1 is 1.25 bits per heavy atom. The van der Waals surface area contributed by atoms with Gasteiger partial charge in [0.05, 0.1) is 13.2 Å². The lowest BCUT2D eigenvalue weighted by Gasteiger charge is -2.22. The predicted molar refractivity (Wildman–Crippen MR) is 79.8 cm³/mol. The van der Waals surface area contributed by atoms with Gasteiger partial charge >= 0.3 is 0 Å². The van der Waals surface area contributed by atoms with E-state index in [-0.39, 0.29) is 11.9 Å². The zero-order valence-corrected chi connectivity index (χ0v) is 11.8. The molecule has 3 N–H and O–H groups in total. The molecule has 5 heteroatoms. The Hall–Kier alpha value is -1.78. The highest BCUT2D eigenvalue weighted by molar-refractivity contribution is 6.31. The van der Waals surface area contributed by atoms with E-state index in [0.29, 0.717) is 17.3 Å². The number of rotatable bonds is 5. The van der Waals surface area contributed by atoms with E-state index >= 15 is 0 Å². The summed E-state index contributed by atoms with van der Waals surface area (Å²) < 4.78 is 18.2. The lowest BCUT2D eigenvalue weighted by Crippen LogP contribution is -2.21. The van der Waals surface area contributed by atoms with Crippen molar-refractivity contribution in [2.45, 2.75) is 6.04 Å². The summed E-state index contributed by atoms with van der Waals surface area (Å²) in [5.41, 5.74) is 7.39. The van der Waals surface area contributed by atoms with E-state index in [1.165, 1.54) is 12.1 Å². The molecule has 20 heavy (non-hydrogen) atoms. The van der Waals surface area contributed by atoms with Gasteiger partial charge in [0, 0.05) is 22.8 Å². The van der Waals surface area contributed by atoms with Crippen molar-refractivity contribution in [3.63, 3.8) is 0 Å². The largest absolute Gasteiger partial charge is 0.496 e. The predicted octanol–water partition coefficient (Wildman–Crippen LogP) is 3.60. The molecule has 1 atom stereocenters. The Balaban J connectivity index is 2.31. The molecular formula is C15H16ClFN2O. The van der Waals surface area contributed by atoms with Crippen molar-refractivity contribution in [1.29, 1.82) is 0 Å². The molecule has 0 spiro atoms. The Morgan fingerprint density at radius 2 is 1.95 bits per heavy atom. The molecule has 0 aliphatic carbocycles. The van der Waals surface area contributed by atoms with E-state index in [1.54, 1.807) is 25.3 Å². The van der Waals surface area contributed by atoms with Gasteiger partial charge in [0.15, 0.2) is 0 Å². The first-order valence-electron chi connectivity index (χ1n) is 6.20. The zero-order valence-electron chi connectivity index (χ0n) is 11.1. The maximum atomic E-state index is 12.9. The number of hydrogen-bond donors (Lipinski definition) is 2. The van der Waals surface area contributed by atoms with Crippen LogP contribution in [0.5, 0.6) is 5.75 Å². The molecule has 0 bridgehead atoms. The Bertz CT molecular complexity index is 575. The second kappa shape index (κ2) is 6.59. The molecule has 2 aromatic rings. The summed E-state index contributed by atoms with van der Waals surface area (Å²) in [5.74, 6) is 0.387. The molecule has 0 aliphatic rings. The van der Waals surface area contributed by atoms with E-state index in [2.05, 4.69) is 5.32 Å². The number of benzene rings is 2. The van der Waals surface area contributed by atoms with Gasteiger partial charge in [0.2, 0.25) is 0 Å². The lowest BCUT2D eigenvalue weighted by atomic mass is 10.0. The molecule has 2 aromatic carbocycles. The van der Waals surface area contributed by atoms with Crippen molar-refractivity contribution < 1.29 is 9.13 Å². The van der Waals surface area contributed by atoms with Crippen LogP contribution in [0.1, 0.15) is 11.6 Å². The summed E-state index contributed by atoms with van der Waals surface area (Å²) in [5, 5.41) is 3.81. The molecule has 1 unspecified atom stereocenters. The molecule has 0 radical (unpaired) electrons. The monoisotopic (exact) mass is 294 g/mol. The number of nitrogens with two attached hydrogens (primary N) is 1. The van der Waals surface area contributed by atoms with Crippen LogP contribution in [0, 0.1) is 5.82 Å². The molecule has 0 fully saturated rings. The van der Waals surface area contributed by atoms with Crippen LogP contribution in [0.2, 0.25) is 5.02 Å². The van der Waals surface area contributed by atoms with Gasteiger partial charge in [-0.15, -0.1) is 0 Å². The third-order valence-electron chi connectivity index (χ3n) is 3.00. The van der Waals surface area contributed by atoms with Crippen LogP contribution < -0.4 is 15.8 Å². The van der Waals surface area contributed by atoms with Crippen LogP contribution in [0.25, 0.3) is 0 Å². The van der Waals surface area contributed by atoms with Crippen molar-refractivity contribution in [3.8, 4) is 5.75 Å². The normalized spacial score (nSPS) is 12.0. The quantitative estimate of drug-likeness (QED) is 0.886. The van der Waals surface area contributed by atoms with Gasteiger partial charge in [0.1, 0.15) is 11.6 Å². The van der Waals surface area contributed by atoms with Crippen LogP contribution in [0.15, 0.2) is 42.5 Å². The van der Waals surface area contributed by atoms with Crippen LogP contribution in [-0.2, 0) is 0 Å². The van der Waals surface area contributed by atoms with Gasteiger partial charge in [-0.05, 0) is 36.4 Å². The third-order valence-corrected chi connectivity index (χ3v) is 3.33. The average molecular weight is 295 g/mol. The minimum Gasteiger partial charge on any atom is -0.496 e. The fraction of sp³-hybridized carbons (Fsp3) is 0.200. The highest BCUT2D eigenvalue weighted by atomic mass is 35.5. The molecule has 0 saturated heterocycles. The van der Waals surface area contributed by atoms with Crippen LogP contribution in [0.3, 0.4) is 0 Å². The first-order valence-corrected chi connectivity index (χ1v) is 6.58. The highest BCUT2D eigenvalue weighted by Crippen LogP contribution is 2.33. The van der Waals surface area contributed by atoms with E-state index < -0.39 is 0 Å². The van der Waals surface area contributed by atoms with Gasteiger partial charge in [-0.1, -0.05) is 17.7 Å². The lowest BCUT2D eigenvalue weighted by molar-refractivity contribution is 0.407. The summed E-state index contributed by atoms with van der Waals surface area (Å²) in [4.78, 5) is 0. The van der Waals surface area contributed by atoms with E-state index in [9.17, 15) is 4.39 Å². The summed E-state index contributed by atoms with van der Waals surface area (Å²) >= 11 is 6.24. The Kier molecular flexibility index (Phi) is 4.82. The smallest absolute Gasteiger partial charge is 0.125 e. The van der Waals surface area contributed by atoms with Crippen LogP contribution in [-0.4, -0.2) is 13.7 Å². The molecule has 0 saturated carbocycles. The first kappa shape index (κ1) is 14.6. The summed E-state index contributed by atoms with van der Waals surface area (Å²) in [6.07, 6.45) is 0. The molecule has 0 aromatic heterocycles. The van der Waals surface area contributed by atoms with Gasteiger partial charge in [0.25, 0.3) is 0 Å². The van der Waals surface area contributed by atoms with Crippen molar-refractivity contribution in [2.75, 3.05) is 19.0 Å². The highest BCUT2D eigenvalue weighted by Gasteiger charge is 2.18. The minimum absolute atomic E-state index is 0.218. The van der Waals surface area contributed by atoms with Gasteiger partial charge in [-0.25, -0.2) is 4.39 Å². The van der Waals surface area contributed by atoms with Crippen molar-refractivity contribution >= 4 is 17.3 Å². The topological polar surface area (TPSA) is 47.3 Å². The number of nitrogens with one attached hydrogen (secondary N) is 1. The van der Waals surface area contributed by atoms with Crippen LogP contribution in [0.4, 0.5) is 10.1 Å². The molecular weight excluding hydrogens is 279 g/mol. The maximum Gasteiger partial charge on any atom is 0.125 e.